The molecule has 0 radical (unpaired) electrons. The highest BCUT2D eigenvalue weighted by Crippen LogP contribution is 2.31. The van der Waals surface area contributed by atoms with E-state index < -0.39 is 0 Å². The Morgan fingerprint density at radius 1 is 1.27 bits per heavy atom. The Bertz CT molecular complexity index is 489. The van der Waals surface area contributed by atoms with Gasteiger partial charge in [-0.05, 0) is 25.0 Å². The molecule has 0 spiro atoms. The zero-order valence-corrected chi connectivity index (χ0v) is 13.9. The molecule has 2 rings (SSSR count). The summed E-state index contributed by atoms with van der Waals surface area (Å²) in [4.78, 5) is 14.5. The smallest absolute Gasteiger partial charge is 0.225 e. The molecule has 0 N–H and O–H groups in total. The van der Waals surface area contributed by atoms with Gasteiger partial charge in [0.2, 0.25) is 5.91 Å². The maximum absolute atomic E-state index is 12.6. The molecule has 1 aromatic carbocycles. The molecule has 0 bridgehead atoms. The number of rotatable bonds is 7. The number of para-hydroxylation sites is 2. The molecule has 1 heterocycles. The van der Waals surface area contributed by atoms with Crippen LogP contribution >= 0.6 is 0 Å². The number of hydrogen-bond donors (Lipinski definition) is 0. The zero-order chi connectivity index (χ0) is 15.9. The molecule has 2 unspecified atom stereocenters. The van der Waals surface area contributed by atoms with E-state index in [1.165, 1.54) is 0 Å². The van der Waals surface area contributed by atoms with Crippen LogP contribution in [-0.2, 0) is 4.79 Å². The summed E-state index contributed by atoms with van der Waals surface area (Å²) in [6.45, 7) is 8.08. The third-order valence-corrected chi connectivity index (χ3v) is 3.94. The third-order valence-electron chi connectivity index (χ3n) is 3.94. The van der Waals surface area contributed by atoms with Crippen molar-refractivity contribution in [3.05, 3.63) is 24.3 Å². The van der Waals surface area contributed by atoms with E-state index in [0.29, 0.717) is 13.2 Å². The SMILES string of the molecule is CCCC(C)C(=O)N(CCC)CC1COc2ccccc2O1. The summed E-state index contributed by atoms with van der Waals surface area (Å²) in [6.07, 6.45) is 2.82. The maximum Gasteiger partial charge on any atom is 0.225 e. The van der Waals surface area contributed by atoms with Gasteiger partial charge in [0.15, 0.2) is 17.6 Å². The summed E-state index contributed by atoms with van der Waals surface area (Å²) < 4.78 is 11.7. The average molecular weight is 305 g/mol. The summed E-state index contributed by atoms with van der Waals surface area (Å²) in [5.74, 6) is 1.86. The van der Waals surface area contributed by atoms with E-state index in [1.54, 1.807) is 0 Å². The molecule has 122 valence electrons. The Morgan fingerprint density at radius 2 is 2.00 bits per heavy atom. The summed E-state index contributed by atoms with van der Waals surface area (Å²) in [7, 11) is 0. The lowest BCUT2D eigenvalue weighted by atomic mass is 10.0. The van der Waals surface area contributed by atoms with Crippen molar-refractivity contribution in [1.29, 1.82) is 0 Å². The molecule has 1 aromatic rings. The van der Waals surface area contributed by atoms with Crippen LogP contribution in [0.15, 0.2) is 24.3 Å². The molecule has 0 aliphatic carbocycles. The van der Waals surface area contributed by atoms with E-state index in [2.05, 4.69) is 13.8 Å². The van der Waals surface area contributed by atoms with Crippen LogP contribution in [0.4, 0.5) is 0 Å². The molecule has 2 atom stereocenters. The molecule has 0 fully saturated rings. The molecule has 0 saturated heterocycles. The van der Waals surface area contributed by atoms with Gasteiger partial charge in [-0.15, -0.1) is 0 Å². The van der Waals surface area contributed by atoms with Crippen LogP contribution in [0, 0.1) is 5.92 Å². The van der Waals surface area contributed by atoms with Gasteiger partial charge in [-0.2, -0.15) is 0 Å². The minimum absolute atomic E-state index is 0.0772. The molecule has 22 heavy (non-hydrogen) atoms. The van der Waals surface area contributed by atoms with Gasteiger partial charge in [0.05, 0.1) is 6.54 Å². The molecule has 1 aliphatic heterocycles. The van der Waals surface area contributed by atoms with Gasteiger partial charge in [0.1, 0.15) is 6.61 Å². The fourth-order valence-corrected chi connectivity index (χ4v) is 2.83. The van der Waals surface area contributed by atoms with Crippen LogP contribution in [0.25, 0.3) is 0 Å². The minimum Gasteiger partial charge on any atom is -0.486 e. The summed E-state index contributed by atoms with van der Waals surface area (Å²) in [5, 5.41) is 0. The second-order valence-electron chi connectivity index (χ2n) is 5.97. The molecular formula is C18H27NO3. The van der Waals surface area contributed by atoms with Gasteiger partial charge in [-0.25, -0.2) is 0 Å². The van der Waals surface area contributed by atoms with Crippen molar-refractivity contribution in [2.45, 2.75) is 46.1 Å². The molecular weight excluding hydrogens is 278 g/mol. The number of hydrogen-bond acceptors (Lipinski definition) is 3. The summed E-state index contributed by atoms with van der Waals surface area (Å²) in [6, 6.07) is 7.68. The molecule has 0 aromatic heterocycles. The topological polar surface area (TPSA) is 38.8 Å². The lowest BCUT2D eigenvalue weighted by Gasteiger charge is -2.32. The monoisotopic (exact) mass is 305 g/mol. The third kappa shape index (κ3) is 4.15. The van der Waals surface area contributed by atoms with E-state index in [4.69, 9.17) is 9.47 Å². The number of benzene rings is 1. The Kier molecular flexibility index (Phi) is 6.10. The molecule has 0 saturated carbocycles. The number of carbonyl (C=O) groups is 1. The Balaban J connectivity index is 1.98. The predicted molar refractivity (Wildman–Crippen MR) is 87.3 cm³/mol. The van der Waals surface area contributed by atoms with Gasteiger partial charge in [-0.1, -0.05) is 39.3 Å². The van der Waals surface area contributed by atoms with Gasteiger partial charge in [-0.3, -0.25) is 4.79 Å². The van der Waals surface area contributed by atoms with Crippen molar-refractivity contribution >= 4 is 5.91 Å². The molecule has 4 nitrogen and oxygen atoms in total. The van der Waals surface area contributed by atoms with Crippen molar-refractivity contribution in [2.75, 3.05) is 19.7 Å². The lowest BCUT2D eigenvalue weighted by Crippen LogP contribution is -2.45. The number of ether oxygens (including phenoxy) is 2. The molecule has 1 amide bonds. The summed E-state index contributed by atoms with van der Waals surface area (Å²) >= 11 is 0. The first kappa shape index (κ1) is 16.7. The van der Waals surface area contributed by atoms with Crippen molar-refractivity contribution < 1.29 is 14.3 Å². The Hall–Kier alpha value is -1.71. The highest BCUT2D eigenvalue weighted by atomic mass is 16.6. The number of fused-ring (bicyclic) bond motifs is 1. The van der Waals surface area contributed by atoms with E-state index in [-0.39, 0.29) is 17.9 Å². The minimum atomic E-state index is -0.0979. The fraction of sp³-hybridized carbons (Fsp3) is 0.611. The zero-order valence-electron chi connectivity index (χ0n) is 13.9. The Morgan fingerprint density at radius 3 is 2.68 bits per heavy atom. The number of amides is 1. The van der Waals surface area contributed by atoms with Crippen molar-refractivity contribution in [3.63, 3.8) is 0 Å². The maximum atomic E-state index is 12.6. The number of carbonyl (C=O) groups excluding carboxylic acids is 1. The van der Waals surface area contributed by atoms with Crippen LogP contribution in [0.2, 0.25) is 0 Å². The van der Waals surface area contributed by atoms with Gasteiger partial charge >= 0.3 is 0 Å². The second-order valence-corrected chi connectivity index (χ2v) is 5.97. The van der Waals surface area contributed by atoms with E-state index in [9.17, 15) is 4.79 Å². The largest absolute Gasteiger partial charge is 0.486 e. The highest BCUT2D eigenvalue weighted by Gasteiger charge is 2.26. The predicted octanol–water partition coefficient (Wildman–Crippen LogP) is 3.50. The normalized spacial score (nSPS) is 17.9. The number of nitrogens with zero attached hydrogens (tertiary/aromatic N) is 1. The van der Waals surface area contributed by atoms with Crippen molar-refractivity contribution in [2.24, 2.45) is 5.92 Å². The Labute approximate surface area is 133 Å². The van der Waals surface area contributed by atoms with E-state index >= 15 is 0 Å². The molecule has 1 aliphatic rings. The average Bonchev–Trinajstić information content (AvgIpc) is 2.54. The quantitative estimate of drug-likeness (QED) is 0.774. The van der Waals surface area contributed by atoms with Crippen molar-refractivity contribution in [1.82, 2.24) is 4.90 Å². The van der Waals surface area contributed by atoms with Gasteiger partial charge in [0.25, 0.3) is 0 Å². The summed E-state index contributed by atoms with van der Waals surface area (Å²) in [5.41, 5.74) is 0. The van der Waals surface area contributed by atoms with Crippen LogP contribution in [0.1, 0.15) is 40.0 Å². The first-order valence-electron chi connectivity index (χ1n) is 8.33. The van der Waals surface area contributed by atoms with Crippen LogP contribution in [0.5, 0.6) is 11.5 Å². The molecule has 4 heteroatoms. The van der Waals surface area contributed by atoms with Gasteiger partial charge < -0.3 is 14.4 Å². The lowest BCUT2D eigenvalue weighted by molar-refractivity contribution is -0.136. The fourth-order valence-electron chi connectivity index (χ4n) is 2.83. The first-order valence-corrected chi connectivity index (χ1v) is 8.33. The van der Waals surface area contributed by atoms with Crippen molar-refractivity contribution in [3.8, 4) is 11.5 Å². The van der Waals surface area contributed by atoms with E-state index in [0.717, 1.165) is 37.3 Å². The van der Waals surface area contributed by atoms with Gasteiger partial charge in [0, 0.05) is 12.5 Å². The second kappa shape index (κ2) is 8.06. The van der Waals surface area contributed by atoms with E-state index in [1.807, 2.05) is 36.1 Å². The standard InChI is InChI=1S/C18H27NO3/c1-4-8-14(3)18(20)19(11-5-2)12-15-13-21-16-9-6-7-10-17(16)22-15/h6-7,9-10,14-15H,4-5,8,11-13H2,1-3H3. The first-order chi connectivity index (χ1) is 10.7. The van der Waals surface area contributed by atoms with Crippen LogP contribution < -0.4 is 9.47 Å². The van der Waals surface area contributed by atoms with Crippen LogP contribution in [0.3, 0.4) is 0 Å². The van der Waals surface area contributed by atoms with Crippen LogP contribution in [-0.4, -0.2) is 36.6 Å². The highest BCUT2D eigenvalue weighted by molar-refractivity contribution is 5.78.